The van der Waals surface area contributed by atoms with E-state index in [9.17, 15) is 8.78 Å². The first-order valence-corrected chi connectivity index (χ1v) is 7.20. The number of hydrogen-bond acceptors (Lipinski definition) is 1. The summed E-state index contributed by atoms with van der Waals surface area (Å²) < 4.78 is 29.3. The lowest BCUT2D eigenvalue weighted by molar-refractivity contribution is 0.514. The van der Waals surface area contributed by atoms with E-state index in [2.05, 4.69) is 4.98 Å². The van der Waals surface area contributed by atoms with Gasteiger partial charge in [0.2, 0.25) is 0 Å². The SMILES string of the molecule is Fc1ccc2nc(CCCl)n(-c3ccc(Cl)cc3)c2c1F. The summed E-state index contributed by atoms with van der Waals surface area (Å²) >= 11 is 11.6. The second-order valence-corrected chi connectivity index (χ2v) is 5.32. The molecule has 0 aliphatic heterocycles. The summed E-state index contributed by atoms with van der Waals surface area (Å²) in [7, 11) is 0. The van der Waals surface area contributed by atoms with Crippen molar-refractivity contribution >= 4 is 34.2 Å². The summed E-state index contributed by atoms with van der Waals surface area (Å²) in [4.78, 5) is 4.34. The van der Waals surface area contributed by atoms with E-state index in [0.717, 1.165) is 6.07 Å². The number of nitrogens with zero attached hydrogens (tertiary/aromatic N) is 2. The van der Waals surface area contributed by atoms with Crippen molar-refractivity contribution in [3.8, 4) is 5.69 Å². The minimum Gasteiger partial charge on any atom is -0.293 e. The number of aryl methyl sites for hydroxylation is 1. The fourth-order valence-corrected chi connectivity index (χ4v) is 2.57. The van der Waals surface area contributed by atoms with Crippen LogP contribution < -0.4 is 0 Å². The van der Waals surface area contributed by atoms with Gasteiger partial charge in [-0.25, -0.2) is 13.8 Å². The summed E-state index contributed by atoms with van der Waals surface area (Å²) in [6, 6.07) is 9.35. The standard InChI is InChI=1S/C15H10Cl2F2N2/c16-8-7-13-20-12-6-5-11(18)14(19)15(12)21(13)10-3-1-9(17)2-4-10/h1-6H,7-8H2. The predicted molar refractivity (Wildman–Crippen MR) is 80.4 cm³/mol. The third-order valence-electron chi connectivity index (χ3n) is 3.18. The number of rotatable bonds is 3. The summed E-state index contributed by atoms with van der Waals surface area (Å²) in [6.07, 6.45) is 0.444. The maximum atomic E-state index is 14.2. The third kappa shape index (κ3) is 2.49. The molecule has 21 heavy (non-hydrogen) atoms. The summed E-state index contributed by atoms with van der Waals surface area (Å²) in [5.74, 6) is -0.918. The fourth-order valence-electron chi connectivity index (χ4n) is 2.27. The molecule has 0 saturated heterocycles. The Morgan fingerprint density at radius 2 is 1.76 bits per heavy atom. The normalized spacial score (nSPS) is 11.2. The van der Waals surface area contributed by atoms with E-state index < -0.39 is 11.6 Å². The van der Waals surface area contributed by atoms with E-state index in [0.29, 0.717) is 34.4 Å². The quantitative estimate of drug-likeness (QED) is 0.636. The molecule has 1 aromatic heterocycles. The number of benzene rings is 2. The van der Waals surface area contributed by atoms with Gasteiger partial charge in [0.05, 0.1) is 5.52 Å². The van der Waals surface area contributed by atoms with Crippen LogP contribution in [0.5, 0.6) is 0 Å². The smallest absolute Gasteiger partial charge is 0.185 e. The number of aromatic nitrogens is 2. The van der Waals surface area contributed by atoms with Crippen molar-refractivity contribution in [1.82, 2.24) is 9.55 Å². The van der Waals surface area contributed by atoms with Crippen LogP contribution in [0.15, 0.2) is 36.4 Å². The van der Waals surface area contributed by atoms with Crippen molar-refractivity contribution in [1.29, 1.82) is 0 Å². The highest BCUT2D eigenvalue weighted by Gasteiger charge is 2.18. The minimum absolute atomic E-state index is 0.109. The fraction of sp³-hybridized carbons (Fsp3) is 0.133. The average Bonchev–Trinajstić information content (AvgIpc) is 2.83. The lowest BCUT2D eigenvalue weighted by atomic mass is 10.2. The molecule has 2 aromatic carbocycles. The Kier molecular flexibility index (Phi) is 3.83. The van der Waals surface area contributed by atoms with E-state index in [4.69, 9.17) is 23.2 Å². The first-order valence-electron chi connectivity index (χ1n) is 6.29. The van der Waals surface area contributed by atoms with Gasteiger partial charge in [-0.3, -0.25) is 4.57 Å². The molecule has 2 nitrogen and oxygen atoms in total. The largest absolute Gasteiger partial charge is 0.293 e. The van der Waals surface area contributed by atoms with E-state index in [1.807, 2.05) is 0 Å². The number of imidazole rings is 1. The number of halogens is 4. The molecule has 1 heterocycles. The maximum Gasteiger partial charge on any atom is 0.185 e. The van der Waals surface area contributed by atoms with Crippen molar-refractivity contribution in [3.05, 3.63) is 58.9 Å². The topological polar surface area (TPSA) is 17.8 Å². The highest BCUT2D eigenvalue weighted by Crippen LogP contribution is 2.26. The van der Waals surface area contributed by atoms with E-state index >= 15 is 0 Å². The van der Waals surface area contributed by atoms with E-state index in [-0.39, 0.29) is 5.52 Å². The Hall–Kier alpha value is -1.65. The Balaban J connectivity index is 2.34. The van der Waals surface area contributed by atoms with Crippen molar-refractivity contribution in [3.63, 3.8) is 0 Å². The van der Waals surface area contributed by atoms with Crippen LogP contribution in [0, 0.1) is 11.6 Å². The molecule has 3 rings (SSSR count). The molecule has 0 radical (unpaired) electrons. The van der Waals surface area contributed by atoms with Crippen molar-refractivity contribution in [2.75, 3.05) is 5.88 Å². The highest BCUT2D eigenvalue weighted by molar-refractivity contribution is 6.30. The number of hydrogen-bond donors (Lipinski definition) is 0. The molecule has 0 amide bonds. The molecule has 0 aliphatic rings. The van der Waals surface area contributed by atoms with Crippen LogP contribution in [0.25, 0.3) is 16.7 Å². The summed E-state index contributed by atoms with van der Waals surface area (Å²) in [5.41, 5.74) is 1.16. The van der Waals surface area contributed by atoms with E-state index in [1.165, 1.54) is 6.07 Å². The van der Waals surface area contributed by atoms with Gasteiger partial charge >= 0.3 is 0 Å². The monoisotopic (exact) mass is 326 g/mol. The molecular formula is C15H10Cl2F2N2. The summed E-state index contributed by atoms with van der Waals surface area (Å²) in [5, 5.41) is 0.564. The average molecular weight is 327 g/mol. The molecule has 3 aromatic rings. The van der Waals surface area contributed by atoms with Gasteiger partial charge in [-0.15, -0.1) is 11.6 Å². The second-order valence-electron chi connectivity index (χ2n) is 4.51. The Labute approximate surface area is 129 Å². The first kappa shape index (κ1) is 14.3. The molecular weight excluding hydrogens is 317 g/mol. The van der Waals surface area contributed by atoms with Crippen LogP contribution in [0.2, 0.25) is 5.02 Å². The van der Waals surface area contributed by atoms with Crippen molar-refractivity contribution < 1.29 is 8.78 Å². The highest BCUT2D eigenvalue weighted by atomic mass is 35.5. The minimum atomic E-state index is -0.921. The molecule has 0 saturated carbocycles. The molecule has 0 bridgehead atoms. The molecule has 0 atom stereocenters. The van der Waals surface area contributed by atoms with Crippen LogP contribution in [0.1, 0.15) is 5.82 Å². The lowest BCUT2D eigenvalue weighted by Gasteiger charge is -2.09. The maximum absolute atomic E-state index is 14.2. The number of alkyl halides is 1. The van der Waals surface area contributed by atoms with Gasteiger partial charge in [-0.05, 0) is 36.4 Å². The van der Waals surface area contributed by atoms with Crippen LogP contribution in [0.3, 0.4) is 0 Å². The van der Waals surface area contributed by atoms with Gasteiger partial charge in [0.15, 0.2) is 11.6 Å². The zero-order valence-electron chi connectivity index (χ0n) is 10.8. The van der Waals surface area contributed by atoms with Gasteiger partial charge < -0.3 is 0 Å². The first-order chi connectivity index (χ1) is 10.1. The van der Waals surface area contributed by atoms with Gasteiger partial charge in [-0.1, -0.05) is 11.6 Å². The predicted octanol–water partition coefficient (Wildman–Crippen LogP) is 4.74. The van der Waals surface area contributed by atoms with Crippen LogP contribution >= 0.6 is 23.2 Å². The van der Waals surface area contributed by atoms with Gasteiger partial charge in [0, 0.05) is 23.0 Å². The molecule has 0 aliphatic carbocycles. The lowest BCUT2D eigenvalue weighted by Crippen LogP contribution is -2.03. The van der Waals surface area contributed by atoms with Crippen molar-refractivity contribution in [2.45, 2.75) is 6.42 Å². The van der Waals surface area contributed by atoms with Crippen LogP contribution in [-0.2, 0) is 6.42 Å². The summed E-state index contributed by atoms with van der Waals surface area (Å²) in [6.45, 7) is 0. The van der Waals surface area contributed by atoms with Crippen LogP contribution in [0.4, 0.5) is 8.78 Å². The van der Waals surface area contributed by atoms with Gasteiger partial charge in [0.25, 0.3) is 0 Å². The molecule has 0 fully saturated rings. The van der Waals surface area contributed by atoms with Crippen molar-refractivity contribution in [2.24, 2.45) is 0 Å². The zero-order valence-corrected chi connectivity index (χ0v) is 12.3. The van der Waals surface area contributed by atoms with Crippen LogP contribution in [-0.4, -0.2) is 15.4 Å². The third-order valence-corrected chi connectivity index (χ3v) is 3.62. The molecule has 0 unspecified atom stereocenters. The molecule has 108 valence electrons. The molecule has 6 heteroatoms. The second kappa shape index (κ2) is 5.62. The van der Waals surface area contributed by atoms with E-state index in [1.54, 1.807) is 28.8 Å². The van der Waals surface area contributed by atoms with Gasteiger partial charge in [0.1, 0.15) is 11.3 Å². The van der Waals surface area contributed by atoms with Gasteiger partial charge in [-0.2, -0.15) is 0 Å². The zero-order chi connectivity index (χ0) is 15.0. The molecule has 0 N–H and O–H groups in total. The Bertz CT molecular complexity index is 798. The number of fused-ring (bicyclic) bond motifs is 1. The molecule has 0 spiro atoms. The Morgan fingerprint density at radius 3 is 2.43 bits per heavy atom. The Morgan fingerprint density at radius 1 is 1.05 bits per heavy atom.